The summed E-state index contributed by atoms with van der Waals surface area (Å²) in [7, 11) is 0. The Morgan fingerprint density at radius 3 is 2.41 bits per heavy atom. The Labute approximate surface area is 129 Å². The highest BCUT2D eigenvalue weighted by molar-refractivity contribution is 5.57. The van der Waals surface area contributed by atoms with Crippen LogP contribution in [0.25, 0.3) is 11.5 Å². The van der Waals surface area contributed by atoms with Gasteiger partial charge in [-0.15, -0.1) is 5.10 Å². The normalized spacial score (nSPS) is 11.4. The monoisotopic (exact) mass is 293 g/mol. The van der Waals surface area contributed by atoms with Crippen molar-refractivity contribution in [2.75, 3.05) is 5.32 Å². The van der Waals surface area contributed by atoms with Crippen LogP contribution in [0.3, 0.4) is 0 Å². The summed E-state index contributed by atoms with van der Waals surface area (Å²) in [5, 5.41) is 10.3. The molecule has 0 aliphatic heterocycles. The summed E-state index contributed by atoms with van der Waals surface area (Å²) in [6, 6.07) is 14.0. The number of aromatic amines is 1. The molecule has 2 heterocycles. The van der Waals surface area contributed by atoms with Crippen molar-refractivity contribution in [3.63, 3.8) is 0 Å². The van der Waals surface area contributed by atoms with Crippen LogP contribution in [0.1, 0.15) is 26.3 Å². The van der Waals surface area contributed by atoms with Crippen LogP contribution in [0.2, 0.25) is 0 Å². The Morgan fingerprint density at radius 2 is 1.77 bits per heavy atom. The molecule has 0 aliphatic carbocycles. The van der Waals surface area contributed by atoms with Gasteiger partial charge in [-0.2, -0.15) is 4.98 Å². The fourth-order valence-corrected chi connectivity index (χ4v) is 2.12. The van der Waals surface area contributed by atoms with E-state index in [-0.39, 0.29) is 5.41 Å². The molecule has 3 rings (SSSR count). The summed E-state index contributed by atoms with van der Waals surface area (Å²) in [5.74, 6) is 1.18. The fraction of sp³-hybridized carbons (Fsp3) is 0.235. The number of rotatable bonds is 3. The van der Waals surface area contributed by atoms with Gasteiger partial charge in [-0.3, -0.25) is 10.1 Å². The number of hydrogen-bond donors (Lipinski definition) is 2. The van der Waals surface area contributed by atoms with Crippen LogP contribution in [0, 0.1) is 0 Å². The van der Waals surface area contributed by atoms with Crippen LogP contribution in [-0.2, 0) is 5.41 Å². The van der Waals surface area contributed by atoms with Gasteiger partial charge in [0, 0.05) is 11.9 Å². The summed E-state index contributed by atoms with van der Waals surface area (Å²) in [6.45, 7) is 6.59. The molecule has 22 heavy (non-hydrogen) atoms. The summed E-state index contributed by atoms with van der Waals surface area (Å²) >= 11 is 0. The number of H-pyrrole nitrogens is 1. The molecule has 2 aromatic heterocycles. The van der Waals surface area contributed by atoms with E-state index in [2.05, 4.69) is 58.4 Å². The molecule has 0 saturated carbocycles. The van der Waals surface area contributed by atoms with Gasteiger partial charge in [0.25, 0.3) is 0 Å². The number of aromatic nitrogens is 4. The maximum absolute atomic E-state index is 4.41. The minimum atomic E-state index is 0.148. The van der Waals surface area contributed by atoms with Gasteiger partial charge in [-0.25, -0.2) is 0 Å². The molecule has 3 aromatic rings. The number of hydrogen-bond acceptors (Lipinski definition) is 4. The van der Waals surface area contributed by atoms with E-state index in [4.69, 9.17) is 0 Å². The molecule has 2 N–H and O–H groups in total. The summed E-state index contributed by atoms with van der Waals surface area (Å²) in [5.41, 5.74) is 3.17. The molecule has 5 nitrogen and oxygen atoms in total. The highest BCUT2D eigenvalue weighted by Gasteiger charge is 2.13. The third-order valence-electron chi connectivity index (χ3n) is 3.40. The van der Waals surface area contributed by atoms with Crippen molar-refractivity contribution >= 4 is 11.6 Å². The lowest BCUT2D eigenvalue weighted by atomic mass is 9.87. The molecule has 112 valence electrons. The Hall–Kier alpha value is -2.69. The molecule has 0 radical (unpaired) electrons. The van der Waals surface area contributed by atoms with E-state index in [0.717, 1.165) is 11.4 Å². The van der Waals surface area contributed by atoms with Crippen molar-refractivity contribution in [1.82, 2.24) is 20.2 Å². The quantitative estimate of drug-likeness (QED) is 0.768. The molecule has 0 amide bonds. The molecule has 1 aromatic carbocycles. The Balaban J connectivity index is 1.76. The van der Waals surface area contributed by atoms with Gasteiger partial charge >= 0.3 is 0 Å². The van der Waals surface area contributed by atoms with E-state index < -0.39 is 0 Å². The first kappa shape index (κ1) is 14.3. The number of pyridine rings is 1. The van der Waals surface area contributed by atoms with Crippen molar-refractivity contribution < 1.29 is 0 Å². The zero-order valence-corrected chi connectivity index (χ0v) is 13.0. The number of anilines is 2. The standard InChI is InChI=1S/C17H19N5/c1-17(2,3)12-7-9-13(10-8-12)19-16-20-15(21-22-16)14-6-4-5-11-18-14/h4-11H,1-3H3,(H2,19,20,21,22). The average Bonchev–Trinajstić information content (AvgIpc) is 2.96. The van der Waals surface area contributed by atoms with E-state index >= 15 is 0 Å². The highest BCUT2D eigenvalue weighted by Crippen LogP contribution is 2.24. The Kier molecular flexibility index (Phi) is 3.63. The fourth-order valence-electron chi connectivity index (χ4n) is 2.12. The lowest BCUT2D eigenvalue weighted by molar-refractivity contribution is 0.590. The molecule has 0 saturated heterocycles. The second-order valence-electron chi connectivity index (χ2n) is 6.17. The molecule has 0 bridgehead atoms. The number of nitrogens with one attached hydrogen (secondary N) is 2. The third-order valence-corrected chi connectivity index (χ3v) is 3.40. The lowest BCUT2D eigenvalue weighted by Crippen LogP contribution is -2.10. The molecule has 0 atom stereocenters. The smallest absolute Gasteiger partial charge is 0.246 e. The minimum Gasteiger partial charge on any atom is -0.323 e. The molecule has 0 unspecified atom stereocenters. The average molecular weight is 293 g/mol. The van der Waals surface area contributed by atoms with Crippen molar-refractivity contribution in [3.05, 3.63) is 54.2 Å². The van der Waals surface area contributed by atoms with E-state index in [0.29, 0.717) is 11.8 Å². The van der Waals surface area contributed by atoms with Crippen LogP contribution in [0.4, 0.5) is 11.6 Å². The third kappa shape index (κ3) is 3.14. The van der Waals surface area contributed by atoms with Crippen molar-refractivity contribution in [2.45, 2.75) is 26.2 Å². The lowest BCUT2D eigenvalue weighted by Gasteiger charge is -2.19. The van der Waals surface area contributed by atoms with E-state index in [1.165, 1.54) is 5.56 Å². The van der Waals surface area contributed by atoms with E-state index in [1.807, 2.05) is 30.3 Å². The van der Waals surface area contributed by atoms with Crippen LogP contribution in [0.5, 0.6) is 0 Å². The second kappa shape index (κ2) is 5.60. The van der Waals surface area contributed by atoms with Gasteiger partial charge in [0.15, 0.2) is 5.82 Å². The zero-order chi connectivity index (χ0) is 15.6. The van der Waals surface area contributed by atoms with Crippen molar-refractivity contribution in [1.29, 1.82) is 0 Å². The van der Waals surface area contributed by atoms with Crippen LogP contribution in [0.15, 0.2) is 48.7 Å². The first-order chi connectivity index (χ1) is 10.5. The van der Waals surface area contributed by atoms with E-state index in [9.17, 15) is 0 Å². The van der Waals surface area contributed by atoms with Gasteiger partial charge in [-0.05, 0) is 35.2 Å². The van der Waals surface area contributed by atoms with Gasteiger partial charge in [0.05, 0.1) is 0 Å². The van der Waals surface area contributed by atoms with Crippen LogP contribution >= 0.6 is 0 Å². The van der Waals surface area contributed by atoms with Crippen LogP contribution < -0.4 is 5.32 Å². The topological polar surface area (TPSA) is 66.5 Å². The molecule has 0 spiro atoms. The SMILES string of the molecule is CC(C)(C)c1ccc(Nc2n[nH]c(-c3ccccn3)n2)cc1. The minimum absolute atomic E-state index is 0.148. The highest BCUT2D eigenvalue weighted by atomic mass is 15.3. The predicted molar refractivity (Wildman–Crippen MR) is 88.0 cm³/mol. The maximum Gasteiger partial charge on any atom is 0.246 e. The van der Waals surface area contributed by atoms with Gasteiger partial charge < -0.3 is 5.32 Å². The molecule has 5 heteroatoms. The number of nitrogens with zero attached hydrogens (tertiary/aromatic N) is 3. The Bertz CT molecular complexity index is 739. The Morgan fingerprint density at radius 1 is 1.00 bits per heavy atom. The van der Waals surface area contributed by atoms with Crippen molar-refractivity contribution in [2.24, 2.45) is 0 Å². The summed E-state index contributed by atoms with van der Waals surface area (Å²) in [4.78, 5) is 8.65. The molecule has 0 aliphatic rings. The first-order valence-corrected chi connectivity index (χ1v) is 7.24. The summed E-state index contributed by atoms with van der Waals surface area (Å²) < 4.78 is 0. The maximum atomic E-state index is 4.41. The second-order valence-corrected chi connectivity index (χ2v) is 6.17. The van der Waals surface area contributed by atoms with E-state index in [1.54, 1.807) is 6.20 Å². The van der Waals surface area contributed by atoms with Gasteiger partial charge in [0.1, 0.15) is 5.69 Å². The van der Waals surface area contributed by atoms with Crippen molar-refractivity contribution in [3.8, 4) is 11.5 Å². The first-order valence-electron chi connectivity index (χ1n) is 7.24. The van der Waals surface area contributed by atoms with Crippen LogP contribution in [-0.4, -0.2) is 20.2 Å². The zero-order valence-electron chi connectivity index (χ0n) is 13.0. The van der Waals surface area contributed by atoms with Gasteiger partial charge in [-0.1, -0.05) is 39.0 Å². The number of benzene rings is 1. The molecular weight excluding hydrogens is 274 g/mol. The summed E-state index contributed by atoms with van der Waals surface area (Å²) in [6.07, 6.45) is 1.73. The van der Waals surface area contributed by atoms with Gasteiger partial charge in [0.2, 0.25) is 5.95 Å². The molecular formula is C17H19N5. The predicted octanol–water partition coefficient (Wildman–Crippen LogP) is 3.91. The largest absolute Gasteiger partial charge is 0.323 e. The molecule has 0 fully saturated rings.